The number of methoxy groups -OCH3 is 1. The third kappa shape index (κ3) is 3.67. The fourth-order valence-electron chi connectivity index (χ4n) is 3.05. The Balaban J connectivity index is 1.51. The second-order valence-electron chi connectivity index (χ2n) is 6.04. The molecule has 0 atom stereocenters. The first-order valence-corrected chi connectivity index (χ1v) is 8.10. The maximum Gasteiger partial charge on any atom is 0.189 e. The van der Waals surface area contributed by atoms with E-state index >= 15 is 0 Å². The van der Waals surface area contributed by atoms with E-state index in [1.807, 2.05) is 36.4 Å². The van der Waals surface area contributed by atoms with Gasteiger partial charge in [0.05, 0.1) is 13.7 Å². The SMILES string of the molecule is COc1ccccc1CN=C(N)NC1CC(c2ccccc2F)C1. The van der Waals surface area contributed by atoms with Crippen LogP contribution in [0.4, 0.5) is 4.39 Å². The summed E-state index contributed by atoms with van der Waals surface area (Å²) in [5.41, 5.74) is 7.74. The van der Waals surface area contributed by atoms with Gasteiger partial charge in [0.25, 0.3) is 0 Å². The molecule has 1 fully saturated rings. The van der Waals surface area contributed by atoms with Crippen LogP contribution in [0.25, 0.3) is 0 Å². The molecule has 24 heavy (non-hydrogen) atoms. The summed E-state index contributed by atoms with van der Waals surface area (Å²) in [5.74, 6) is 1.35. The Morgan fingerprint density at radius 3 is 2.67 bits per heavy atom. The van der Waals surface area contributed by atoms with Gasteiger partial charge < -0.3 is 15.8 Å². The van der Waals surface area contributed by atoms with Gasteiger partial charge in [0, 0.05) is 11.6 Å². The third-order valence-electron chi connectivity index (χ3n) is 4.45. The molecule has 0 spiro atoms. The second-order valence-corrected chi connectivity index (χ2v) is 6.04. The van der Waals surface area contributed by atoms with Crippen LogP contribution >= 0.6 is 0 Å². The minimum Gasteiger partial charge on any atom is -0.496 e. The number of halogens is 1. The van der Waals surface area contributed by atoms with Crippen LogP contribution in [0.1, 0.15) is 29.9 Å². The van der Waals surface area contributed by atoms with E-state index in [2.05, 4.69) is 10.3 Å². The first-order chi connectivity index (χ1) is 11.7. The molecule has 2 aromatic rings. The summed E-state index contributed by atoms with van der Waals surface area (Å²) in [7, 11) is 1.64. The van der Waals surface area contributed by atoms with Gasteiger partial charge in [0.15, 0.2) is 5.96 Å². The second kappa shape index (κ2) is 7.34. The smallest absolute Gasteiger partial charge is 0.189 e. The average Bonchev–Trinajstić information content (AvgIpc) is 2.57. The highest BCUT2D eigenvalue weighted by Gasteiger charge is 2.32. The number of para-hydroxylation sites is 1. The van der Waals surface area contributed by atoms with Gasteiger partial charge >= 0.3 is 0 Å². The Morgan fingerprint density at radius 1 is 1.21 bits per heavy atom. The van der Waals surface area contributed by atoms with Crippen LogP contribution < -0.4 is 15.8 Å². The number of hydrogen-bond acceptors (Lipinski definition) is 2. The molecule has 0 heterocycles. The van der Waals surface area contributed by atoms with Gasteiger partial charge in [-0.3, -0.25) is 0 Å². The molecule has 3 N–H and O–H groups in total. The van der Waals surface area contributed by atoms with E-state index in [1.165, 1.54) is 6.07 Å². The largest absolute Gasteiger partial charge is 0.496 e. The van der Waals surface area contributed by atoms with E-state index in [-0.39, 0.29) is 17.8 Å². The molecule has 0 amide bonds. The first-order valence-electron chi connectivity index (χ1n) is 8.10. The number of ether oxygens (including phenoxy) is 1. The van der Waals surface area contributed by atoms with Gasteiger partial charge in [0.1, 0.15) is 11.6 Å². The number of nitrogens with zero attached hydrogens (tertiary/aromatic N) is 1. The van der Waals surface area contributed by atoms with Gasteiger partial charge in [-0.25, -0.2) is 9.38 Å². The average molecular weight is 327 g/mol. The van der Waals surface area contributed by atoms with Gasteiger partial charge in [-0.15, -0.1) is 0 Å². The molecule has 0 unspecified atom stereocenters. The standard InChI is InChI=1S/C19H22FN3O/c1-24-18-9-5-2-6-13(18)12-22-19(21)23-15-10-14(11-15)16-7-3-4-8-17(16)20/h2-9,14-15H,10-12H2,1H3,(H3,21,22,23). The lowest BCUT2D eigenvalue weighted by molar-refractivity contribution is 0.316. The lowest BCUT2D eigenvalue weighted by Crippen LogP contribution is -2.46. The van der Waals surface area contributed by atoms with Crippen LogP contribution in [0.15, 0.2) is 53.5 Å². The Labute approximate surface area is 141 Å². The van der Waals surface area contributed by atoms with Crippen molar-refractivity contribution >= 4 is 5.96 Å². The van der Waals surface area contributed by atoms with E-state index < -0.39 is 0 Å². The fourth-order valence-corrected chi connectivity index (χ4v) is 3.05. The lowest BCUT2D eigenvalue weighted by Gasteiger charge is -2.36. The van der Waals surface area contributed by atoms with Crippen molar-refractivity contribution in [3.05, 3.63) is 65.5 Å². The molecule has 0 aromatic heterocycles. The van der Waals surface area contributed by atoms with Crippen LogP contribution in [0, 0.1) is 5.82 Å². The molecule has 0 radical (unpaired) electrons. The summed E-state index contributed by atoms with van der Waals surface area (Å²) in [6, 6.07) is 14.9. The molecule has 0 bridgehead atoms. The monoisotopic (exact) mass is 327 g/mol. The molecule has 5 heteroatoms. The summed E-state index contributed by atoms with van der Waals surface area (Å²) < 4.78 is 19.0. The molecular weight excluding hydrogens is 305 g/mol. The van der Waals surface area contributed by atoms with Crippen molar-refractivity contribution in [2.45, 2.75) is 31.3 Å². The number of hydrogen-bond donors (Lipinski definition) is 2. The quantitative estimate of drug-likeness (QED) is 0.655. The van der Waals surface area contributed by atoms with Gasteiger partial charge in [0.2, 0.25) is 0 Å². The number of nitrogens with two attached hydrogens (primary N) is 1. The number of nitrogens with one attached hydrogen (secondary N) is 1. The molecule has 0 saturated heterocycles. The van der Waals surface area contributed by atoms with E-state index in [9.17, 15) is 4.39 Å². The van der Waals surface area contributed by atoms with Gasteiger partial charge in [-0.1, -0.05) is 36.4 Å². The van der Waals surface area contributed by atoms with E-state index in [0.29, 0.717) is 12.5 Å². The summed E-state index contributed by atoms with van der Waals surface area (Å²) >= 11 is 0. The van der Waals surface area contributed by atoms with Crippen LogP contribution in [0.3, 0.4) is 0 Å². The number of aliphatic imine (C=N–C) groups is 1. The Bertz CT molecular complexity index is 726. The molecular formula is C19H22FN3O. The molecule has 4 nitrogen and oxygen atoms in total. The summed E-state index contributed by atoms with van der Waals surface area (Å²) in [4.78, 5) is 4.37. The number of benzene rings is 2. The highest BCUT2D eigenvalue weighted by molar-refractivity contribution is 5.78. The molecule has 1 saturated carbocycles. The number of rotatable bonds is 5. The first kappa shape index (κ1) is 16.3. The topological polar surface area (TPSA) is 59.6 Å². The zero-order valence-electron chi connectivity index (χ0n) is 13.7. The van der Waals surface area contributed by atoms with E-state index in [4.69, 9.17) is 10.5 Å². The number of guanidine groups is 1. The van der Waals surface area contributed by atoms with Crippen LogP contribution in [0.2, 0.25) is 0 Å². The Kier molecular flexibility index (Phi) is 4.99. The zero-order valence-corrected chi connectivity index (χ0v) is 13.7. The van der Waals surface area contributed by atoms with Crippen LogP contribution in [0.5, 0.6) is 5.75 Å². The normalized spacial score (nSPS) is 20.3. The van der Waals surface area contributed by atoms with Crippen molar-refractivity contribution < 1.29 is 9.13 Å². The van der Waals surface area contributed by atoms with Gasteiger partial charge in [-0.2, -0.15) is 0 Å². The van der Waals surface area contributed by atoms with Crippen molar-refractivity contribution in [3.8, 4) is 5.75 Å². The molecule has 1 aliphatic carbocycles. The minimum absolute atomic E-state index is 0.126. The highest BCUT2D eigenvalue weighted by atomic mass is 19.1. The Morgan fingerprint density at radius 2 is 1.92 bits per heavy atom. The summed E-state index contributed by atoms with van der Waals surface area (Å²) in [5, 5.41) is 3.21. The van der Waals surface area contributed by atoms with Crippen molar-refractivity contribution in [2.24, 2.45) is 10.7 Å². The molecule has 126 valence electrons. The maximum atomic E-state index is 13.7. The van der Waals surface area contributed by atoms with Crippen LogP contribution in [-0.4, -0.2) is 19.1 Å². The maximum absolute atomic E-state index is 13.7. The van der Waals surface area contributed by atoms with Crippen molar-refractivity contribution in [3.63, 3.8) is 0 Å². The minimum atomic E-state index is -0.126. The molecule has 2 aromatic carbocycles. The van der Waals surface area contributed by atoms with Crippen LogP contribution in [-0.2, 0) is 6.54 Å². The van der Waals surface area contributed by atoms with Crippen molar-refractivity contribution in [1.82, 2.24) is 5.32 Å². The molecule has 0 aliphatic heterocycles. The predicted molar refractivity (Wildman–Crippen MR) is 93.6 cm³/mol. The Hall–Kier alpha value is -2.56. The fraction of sp³-hybridized carbons (Fsp3) is 0.316. The zero-order chi connectivity index (χ0) is 16.9. The summed E-state index contributed by atoms with van der Waals surface area (Å²) in [6.45, 7) is 0.465. The third-order valence-corrected chi connectivity index (χ3v) is 4.45. The van der Waals surface area contributed by atoms with E-state index in [1.54, 1.807) is 13.2 Å². The summed E-state index contributed by atoms with van der Waals surface area (Å²) in [6.07, 6.45) is 1.73. The van der Waals surface area contributed by atoms with E-state index in [0.717, 1.165) is 29.7 Å². The highest BCUT2D eigenvalue weighted by Crippen LogP contribution is 2.37. The van der Waals surface area contributed by atoms with Gasteiger partial charge in [-0.05, 0) is 36.5 Å². The predicted octanol–water partition coefficient (Wildman–Crippen LogP) is 3.18. The molecule has 1 aliphatic rings. The van der Waals surface area contributed by atoms with Crippen molar-refractivity contribution in [1.29, 1.82) is 0 Å². The van der Waals surface area contributed by atoms with Crippen molar-refractivity contribution in [2.75, 3.05) is 7.11 Å². The lowest BCUT2D eigenvalue weighted by atomic mass is 9.76. The molecule has 3 rings (SSSR count).